The zero-order chi connectivity index (χ0) is 15.4. The molecule has 0 radical (unpaired) electrons. The van der Waals surface area contributed by atoms with Crippen molar-refractivity contribution in [3.05, 3.63) is 58.3 Å². The van der Waals surface area contributed by atoms with Crippen molar-refractivity contribution in [3.63, 3.8) is 0 Å². The number of nitro benzene ring substituents is 1. The fourth-order valence-electron chi connectivity index (χ4n) is 1.95. The van der Waals surface area contributed by atoms with Crippen LogP contribution in [0.3, 0.4) is 0 Å². The van der Waals surface area contributed by atoms with Gasteiger partial charge in [0, 0.05) is 32.3 Å². The fourth-order valence-corrected chi connectivity index (χ4v) is 1.95. The first kappa shape index (κ1) is 14.8. The standard InChI is InChI=1S/C15H18N4O2/c1-11(12-4-7-14(8-5-12)19(20)21)17-13-6-9-15(16-10-13)18(2)3/h4-11,17H,1-3H3. The monoisotopic (exact) mass is 286 g/mol. The highest BCUT2D eigenvalue weighted by Gasteiger charge is 2.09. The van der Waals surface area contributed by atoms with E-state index in [0.29, 0.717) is 0 Å². The highest BCUT2D eigenvalue weighted by molar-refractivity contribution is 5.49. The van der Waals surface area contributed by atoms with Crippen LogP contribution in [0.25, 0.3) is 0 Å². The normalized spacial score (nSPS) is 11.8. The van der Waals surface area contributed by atoms with Crippen molar-refractivity contribution in [1.82, 2.24) is 4.98 Å². The molecule has 0 amide bonds. The van der Waals surface area contributed by atoms with Gasteiger partial charge in [0.2, 0.25) is 0 Å². The Labute approximate surface area is 123 Å². The average molecular weight is 286 g/mol. The number of rotatable bonds is 5. The molecule has 1 heterocycles. The molecule has 0 saturated heterocycles. The van der Waals surface area contributed by atoms with Crippen LogP contribution in [-0.4, -0.2) is 24.0 Å². The highest BCUT2D eigenvalue weighted by atomic mass is 16.6. The van der Waals surface area contributed by atoms with Crippen LogP contribution in [-0.2, 0) is 0 Å². The van der Waals surface area contributed by atoms with Crippen molar-refractivity contribution in [2.45, 2.75) is 13.0 Å². The Morgan fingerprint density at radius 3 is 2.33 bits per heavy atom. The molecule has 1 aromatic carbocycles. The Morgan fingerprint density at radius 1 is 1.19 bits per heavy atom. The van der Waals surface area contributed by atoms with Gasteiger partial charge in [0.1, 0.15) is 5.82 Å². The summed E-state index contributed by atoms with van der Waals surface area (Å²) in [6, 6.07) is 10.5. The largest absolute Gasteiger partial charge is 0.377 e. The van der Waals surface area contributed by atoms with Gasteiger partial charge in [0.25, 0.3) is 5.69 Å². The second kappa shape index (κ2) is 6.21. The summed E-state index contributed by atoms with van der Waals surface area (Å²) >= 11 is 0. The second-order valence-electron chi connectivity index (χ2n) is 5.01. The van der Waals surface area contributed by atoms with E-state index in [4.69, 9.17) is 0 Å². The Hall–Kier alpha value is -2.63. The predicted octanol–water partition coefficient (Wildman–Crippen LogP) is 3.23. The van der Waals surface area contributed by atoms with Gasteiger partial charge in [-0.1, -0.05) is 12.1 Å². The molecule has 1 unspecified atom stereocenters. The number of hydrogen-bond donors (Lipinski definition) is 1. The van der Waals surface area contributed by atoms with E-state index in [2.05, 4.69) is 10.3 Å². The lowest BCUT2D eigenvalue weighted by Gasteiger charge is -2.16. The van der Waals surface area contributed by atoms with Crippen LogP contribution in [0.4, 0.5) is 17.2 Å². The van der Waals surface area contributed by atoms with E-state index < -0.39 is 4.92 Å². The average Bonchev–Trinajstić information content (AvgIpc) is 2.47. The number of pyridine rings is 1. The third-order valence-corrected chi connectivity index (χ3v) is 3.19. The Bertz CT molecular complexity index is 609. The number of non-ortho nitro benzene ring substituents is 1. The lowest BCUT2D eigenvalue weighted by Crippen LogP contribution is -2.11. The number of aromatic nitrogens is 1. The Balaban J connectivity index is 2.06. The number of hydrogen-bond acceptors (Lipinski definition) is 5. The molecule has 0 aliphatic carbocycles. The lowest BCUT2D eigenvalue weighted by atomic mass is 10.1. The summed E-state index contributed by atoms with van der Waals surface area (Å²) in [6.07, 6.45) is 1.78. The summed E-state index contributed by atoms with van der Waals surface area (Å²) in [7, 11) is 3.88. The van der Waals surface area contributed by atoms with Crippen LogP contribution in [0.1, 0.15) is 18.5 Å². The van der Waals surface area contributed by atoms with Crippen LogP contribution < -0.4 is 10.2 Å². The molecular formula is C15H18N4O2. The first-order chi connectivity index (χ1) is 9.97. The molecule has 0 bridgehead atoms. The van der Waals surface area contributed by atoms with E-state index in [1.54, 1.807) is 18.3 Å². The van der Waals surface area contributed by atoms with Crippen LogP contribution >= 0.6 is 0 Å². The molecule has 0 aliphatic heterocycles. The smallest absolute Gasteiger partial charge is 0.269 e. The summed E-state index contributed by atoms with van der Waals surface area (Å²) in [5.74, 6) is 0.892. The van der Waals surface area contributed by atoms with Gasteiger partial charge in [-0.05, 0) is 24.6 Å². The molecule has 6 nitrogen and oxygen atoms in total. The van der Waals surface area contributed by atoms with Crippen LogP contribution in [0.15, 0.2) is 42.6 Å². The van der Waals surface area contributed by atoms with Crippen molar-refractivity contribution >= 4 is 17.2 Å². The summed E-state index contributed by atoms with van der Waals surface area (Å²) < 4.78 is 0. The molecule has 1 atom stereocenters. The molecule has 21 heavy (non-hydrogen) atoms. The van der Waals surface area contributed by atoms with E-state index in [9.17, 15) is 10.1 Å². The maximum atomic E-state index is 10.6. The minimum Gasteiger partial charge on any atom is -0.377 e. The van der Waals surface area contributed by atoms with Gasteiger partial charge in [-0.15, -0.1) is 0 Å². The molecule has 0 fully saturated rings. The first-order valence-corrected chi connectivity index (χ1v) is 6.61. The molecule has 6 heteroatoms. The number of nitrogens with zero attached hydrogens (tertiary/aromatic N) is 3. The van der Waals surface area contributed by atoms with Crippen LogP contribution in [0.2, 0.25) is 0 Å². The van der Waals surface area contributed by atoms with Gasteiger partial charge in [-0.25, -0.2) is 4.98 Å². The van der Waals surface area contributed by atoms with Crippen LogP contribution in [0.5, 0.6) is 0 Å². The summed E-state index contributed by atoms with van der Waals surface area (Å²) in [5, 5.41) is 14.0. The van der Waals surface area contributed by atoms with Crippen LogP contribution in [0, 0.1) is 10.1 Å². The summed E-state index contributed by atoms with van der Waals surface area (Å²) in [4.78, 5) is 16.5. The SMILES string of the molecule is CC(Nc1ccc(N(C)C)nc1)c1ccc([N+](=O)[O-])cc1. The van der Waals surface area contributed by atoms with Gasteiger partial charge in [-0.3, -0.25) is 10.1 Å². The molecule has 0 spiro atoms. The minimum absolute atomic E-state index is 0.0396. The van der Waals surface area contributed by atoms with E-state index >= 15 is 0 Å². The van der Waals surface area contributed by atoms with E-state index in [1.807, 2.05) is 38.1 Å². The lowest BCUT2D eigenvalue weighted by molar-refractivity contribution is -0.384. The molecule has 2 rings (SSSR count). The molecule has 0 aliphatic rings. The van der Waals surface area contributed by atoms with Crippen molar-refractivity contribution in [1.29, 1.82) is 0 Å². The van der Waals surface area contributed by atoms with E-state index in [1.165, 1.54) is 12.1 Å². The van der Waals surface area contributed by atoms with Crippen molar-refractivity contribution in [2.75, 3.05) is 24.3 Å². The number of anilines is 2. The van der Waals surface area contributed by atoms with Gasteiger partial charge < -0.3 is 10.2 Å². The maximum absolute atomic E-state index is 10.6. The number of nitro groups is 1. The second-order valence-corrected chi connectivity index (χ2v) is 5.01. The van der Waals surface area contributed by atoms with Gasteiger partial charge in [-0.2, -0.15) is 0 Å². The zero-order valence-corrected chi connectivity index (χ0v) is 12.3. The molecule has 1 N–H and O–H groups in total. The predicted molar refractivity (Wildman–Crippen MR) is 83.7 cm³/mol. The maximum Gasteiger partial charge on any atom is 0.269 e. The van der Waals surface area contributed by atoms with Crippen molar-refractivity contribution in [3.8, 4) is 0 Å². The third kappa shape index (κ3) is 3.68. The highest BCUT2D eigenvalue weighted by Crippen LogP contribution is 2.22. The minimum atomic E-state index is -0.397. The van der Waals surface area contributed by atoms with Crippen molar-refractivity contribution < 1.29 is 4.92 Å². The molecular weight excluding hydrogens is 268 g/mol. The molecule has 0 saturated carbocycles. The van der Waals surface area contributed by atoms with Gasteiger partial charge in [0.05, 0.1) is 16.8 Å². The summed E-state index contributed by atoms with van der Waals surface area (Å²) in [6.45, 7) is 2.00. The number of benzene rings is 1. The summed E-state index contributed by atoms with van der Waals surface area (Å²) in [5.41, 5.74) is 1.99. The molecule has 110 valence electrons. The third-order valence-electron chi connectivity index (χ3n) is 3.19. The zero-order valence-electron chi connectivity index (χ0n) is 12.3. The number of nitrogens with one attached hydrogen (secondary N) is 1. The van der Waals surface area contributed by atoms with Gasteiger partial charge in [0.15, 0.2) is 0 Å². The first-order valence-electron chi connectivity index (χ1n) is 6.61. The quantitative estimate of drug-likeness (QED) is 0.675. The Morgan fingerprint density at radius 2 is 1.86 bits per heavy atom. The molecule has 1 aromatic heterocycles. The topological polar surface area (TPSA) is 71.3 Å². The van der Waals surface area contributed by atoms with Crippen molar-refractivity contribution in [2.24, 2.45) is 0 Å². The van der Waals surface area contributed by atoms with E-state index in [-0.39, 0.29) is 11.7 Å². The Kier molecular flexibility index (Phi) is 4.37. The fraction of sp³-hybridized carbons (Fsp3) is 0.267. The van der Waals surface area contributed by atoms with E-state index in [0.717, 1.165) is 17.1 Å². The van der Waals surface area contributed by atoms with Gasteiger partial charge >= 0.3 is 0 Å². The molecule has 2 aromatic rings.